The maximum atomic E-state index is 13.8. The summed E-state index contributed by atoms with van der Waals surface area (Å²) in [5.74, 6) is -0.739. The minimum atomic E-state index is -4.04. The van der Waals surface area contributed by atoms with Crippen LogP contribution in [0.25, 0.3) is 0 Å². The first-order valence-corrected chi connectivity index (χ1v) is 13.9. The molecular weight excluding hydrogens is 486 g/mol. The molecule has 0 unspecified atom stereocenters. The zero-order valence-electron chi connectivity index (χ0n) is 21.6. The normalized spacial score (nSPS) is 12.0. The van der Waals surface area contributed by atoms with Crippen LogP contribution in [0.5, 0.6) is 0 Å². The highest BCUT2D eigenvalue weighted by molar-refractivity contribution is 7.92. The van der Waals surface area contributed by atoms with Gasteiger partial charge in [-0.2, -0.15) is 0 Å². The van der Waals surface area contributed by atoms with Crippen molar-refractivity contribution in [3.8, 4) is 0 Å². The van der Waals surface area contributed by atoms with Gasteiger partial charge in [0.1, 0.15) is 12.6 Å². The lowest BCUT2D eigenvalue weighted by atomic mass is 10.1. The number of amides is 2. The number of benzene rings is 3. The first-order valence-electron chi connectivity index (χ1n) is 12.5. The number of hydrogen-bond donors (Lipinski definition) is 1. The number of unbranched alkanes of at least 4 members (excludes halogenated alkanes) is 1. The van der Waals surface area contributed by atoms with Crippen molar-refractivity contribution in [3.05, 3.63) is 96.1 Å². The Bertz CT molecular complexity index is 1280. The summed E-state index contributed by atoms with van der Waals surface area (Å²) in [6.45, 7) is 5.91. The van der Waals surface area contributed by atoms with E-state index in [0.717, 1.165) is 28.3 Å². The molecule has 0 aliphatic rings. The third kappa shape index (κ3) is 7.20. The second kappa shape index (κ2) is 13.1. The highest BCUT2D eigenvalue weighted by Gasteiger charge is 2.32. The number of rotatable bonds is 12. The Balaban J connectivity index is 1.97. The molecule has 0 radical (unpaired) electrons. The van der Waals surface area contributed by atoms with Gasteiger partial charge >= 0.3 is 0 Å². The molecule has 2 amide bonds. The van der Waals surface area contributed by atoms with Crippen molar-refractivity contribution in [1.29, 1.82) is 0 Å². The number of hydrogen-bond acceptors (Lipinski definition) is 4. The number of anilines is 1. The predicted molar refractivity (Wildman–Crippen MR) is 147 cm³/mol. The van der Waals surface area contributed by atoms with Crippen molar-refractivity contribution >= 4 is 27.5 Å². The fourth-order valence-electron chi connectivity index (χ4n) is 3.93. The number of para-hydroxylation sites is 1. The SMILES string of the molecule is CCCCNC(=O)[C@H](C)N(Cc1ccccc1C)C(=O)CN(c1ccccc1)S(=O)(=O)c1ccccc1. The van der Waals surface area contributed by atoms with Crippen LogP contribution in [0.2, 0.25) is 0 Å². The third-order valence-corrected chi connectivity index (χ3v) is 8.04. The van der Waals surface area contributed by atoms with Crippen LogP contribution < -0.4 is 9.62 Å². The Morgan fingerprint density at radius 1 is 0.892 bits per heavy atom. The number of nitrogens with zero attached hydrogens (tertiary/aromatic N) is 2. The van der Waals surface area contributed by atoms with Crippen LogP contribution in [0.4, 0.5) is 5.69 Å². The van der Waals surface area contributed by atoms with Crippen LogP contribution in [0.15, 0.2) is 89.8 Å². The smallest absolute Gasteiger partial charge is 0.264 e. The van der Waals surface area contributed by atoms with E-state index in [9.17, 15) is 18.0 Å². The molecule has 0 spiro atoms. The molecule has 3 aromatic carbocycles. The molecule has 0 bridgehead atoms. The zero-order chi connectivity index (χ0) is 26.8. The summed E-state index contributed by atoms with van der Waals surface area (Å²) in [6.07, 6.45) is 1.77. The fourth-order valence-corrected chi connectivity index (χ4v) is 5.37. The average molecular weight is 522 g/mol. The van der Waals surface area contributed by atoms with Gasteiger partial charge in [0.05, 0.1) is 10.6 Å². The zero-order valence-corrected chi connectivity index (χ0v) is 22.4. The highest BCUT2D eigenvalue weighted by Crippen LogP contribution is 2.24. The minimum absolute atomic E-state index is 0.0856. The molecule has 3 rings (SSSR count). The molecule has 1 atom stereocenters. The van der Waals surface area contributed by atoms with Gasteiger partial charge in [-0.1, -0.05) is 74.0 Å². The molecule has 0 saturated heterocycles. The van der Waals surface area contributed by atoms with Crippen LogP contribution in [0.1, 0.15) is 37.8 Å². The van der Waals surface area contributed by atoms with Crippen molar-refractivity contribution in [2.24, 2.45) is 0 Å². The van der Waals surface area contributed by atoms with Crippen molar-refractivity contribution < 1.29 is 18.0 Å². The van der Waals surface area contributed by atoms with Gasteiger partial charge in [-0.15, -0.1) is 0 Å². The molecule has 0 aromatic heterocycles. The summed E-state index contributed by atoms with van der Waals surface area (Å²) in [7, 11) is -4.04. The summed E-state index contributed by atoms with van der Waals surface area (Å²) in [5, 5.41) is 2.90. The van der Waals surface area contributed by atoms with E-state index >= 15 is 0 Å². The van der Waals surface area contributed by atoms with E-state index in [4.69, 9.17) is 0 Å². The van der Waals surface area contributed by atoms with Crippen LogP contribution in [-0.4, -0.2) is 44.3 Å². The monoisotopic (exact) mass is 521 g/mol. The lowest BCUT2D eigenvalue weighted by Gasteiger charge is -2.32. The van der Waals surface area contributed by atoms with Crippen LogP contribution in [0.3, 0.4) is 0 Å². The average Bonchev–Trinajstić information content (AvgIpc) is 2.91. The first-order chi connectivity index (χ1) is 17.8. The Morgan fingerprint density at radius 3 is 2.11 bits per heavy atom. The van der Waals surface area contributed by atoms with Crippen molar-refractivity contribution in [1.82, 2.24) is 10.2 Å². The fraction of sp³-hybridized carbons (Fsp3) is 0.310. The summed E-state index contributed by atoms with van der Waals surface area (Å²) in [6, 6.07) is 23.4. The van der Waals surface area contributed by atoms with E-state index < -0.39 is 28.5 Å². The molecule has 7 nitrogen and oxygen atoms in total. The maximum Gasteiger partial charge on any atom is 0.264 e. The van der Waals surface area contributed by atoms with E-state index in [1.807, 2.05) is 38.1 Å². The Labute approximate surface area is 220 Å². The van der Waals surface area contributed by atoms with Gasteiger partial charge in [0.2, 0.25) is 11.8 Å². The molecular formula is C29H35N3O4S. The van der Waals surface area contributed by atoms with Gasteiger partial charge in [0.25, 0.3) is 10.0 Å². The molecule has 0 aliphatic heterocycles. The first kappa shape index (κ1) is 27.9. The minimum Gasteiger partial charge on any atom is -0.354 e. The molecule has 8 heteroatoms. The number of nitrogens with one attached hydrogen (secondary N) is 1. The van der Waals surface area contributed by atoms with E-state index in [1.54, 1.807) is 55.5 Å². The van der Waals surface area contributed by atoms with Crippen molar-refractivity contribution in [2.75, 3.05) is 17.4 Å². The quantitative estimate of drug-likeness (QED) is 0.355. The van der Waals surface area contributed by atoms with Crippen LogP contribution in [-0.2, 0) is 26.2 Å². The number of aryl methyl sites for hydroxylation is 1. The maximum absolute atomic E-state index is 13.8. The molecule has 196 valence electrons. The molecule has 0 saturated carbocycles. The molecule has 0 fully saturated rings. The summed E-state index contributed by atoms with van der Waals surface area (Å²) < 4.78 is 28.4. The molecule has 0 aliphatic carbocycles. The largest absolute Gasteiger partial charge is 0.354 e. The predicted octanol–water partition coefficient (Wildman–Crippen LogP) is 4.52. The lowest BCUT2D eigenvalue weighted by Crippen LogP contribution is -2.51. The van der Waals surface area contributed by atoms with Crippen LogP contribution >= 0.6 is 0 Å². The molecule has 0 heterocycles. The van der Waals surface area contributed by atoms with Gasteiger partial charge in [-0.05, 0) is 55.7 Å². The van der Waals surface area contributed by atoms with Crippen molar-refractivity contribution in [3.63, 3.8) is 0 Å². The van der Waals surface area contributed by atoms with Crippen LogP contribution in [0, 0.1) is 6.92 Å². The van der Waals surface area contributed by atoms with Crippen molar-refractivity contribution in [2.45, 2.75) is 51.1 Å². The molecule has 37 heavy (non-hydrogen) atoms. The topological polar surface area (TPSA) is 86.8 Å². The third-order valence-electron chi connectivity index (χ3n) is 6.25. The number of carbonyl (C=O) groups excluding carboxylic acids is 2. The highest BCUT2D eigenvalue weighted by atomic mass is 32.2. The second-order valence-corrected chi connectivity index (χ2v) is 10.8. The lowest BCUT2D eigenvalue weighted by molar-refractivity contribution is -0.139. The van der Waals surface area contributed by atoms with E-state index in [0.29, 0.717) is 12.2 Å². The van der Waals surface area contributed by atoms with Gasteiger partial charge in [-0.25, -0.2) is 8.42 Å². The van der Waals surface area contributed by atoms with E-state index in [-0.39, 0.29) is 17.3 Å². The number of carbonyl (C=O) groups is 2. The Kier molecular flexibility index (Phi) is 9.85. The van der Waals surface area contributed by atoms with E-state index in [1.165, 1.54) is 17.0 Å². The second-order valence-electron chi connectivity index (χ2n) is 8.93. The van der Waals surface area contributed by atoms with Gasteiger partial charge in [0.15, 0.2) is 0 Å². The standard InChI is InChI=1S/C29H35N3O4S/c1-4-5-20-30-29(34)24(3)31(21-25-15-13-12-14-23(25)2)28(33)22-32(26-16-8-6-9-17-26)37(35,36)27-18-10-7-11-19-27/h6-19,24H,4-5,20-22H2,1-3H3,(H,30,34)/t24-/m0/s1. The van der Waals surface area contributed by atoms with Gasteiger partial charge < -0.3 is 10.2 Å². The summed E-state index contributed by atoms with van der Waals surface area (Å²) in [5.41, 5.74) is 2.24. The van der Waals surface area contributed by atoms with E-state index in [2.05, 4.69) is 5.32 Å². The number of sulfonamides is 1. The molecule has 3 aromatic rings. The summed E-state index contributed by atoms with van der Waals surface area (Å²) >= 11 is 0. The van der Waals surface area contributed by atoms with Gasteiger partial charge in [-0.3, -0.25) is 13.9 Å². The Morgan fingerprint density at radius 2 is 1.49 bits per heavy atom. The Hall–Kier alpha value is -3.65. The summed E-state index contributed by atoms with van der Waals surface area (Å²) in [4.78, 5) is 28.4. The molecule has 1 N–H and O–H groups in total. The van der Waals surface area contributed by atoms with Gasteiger partial charge in [0, 0.05) is 13.1 Å².